The summed E-state index contributed by atoms with van der Waals surface area (Å²) in [5, 5.41) is 0. The third-order valence-corrected chi connectivity index (χ3v) is 2.84. The van der Waals surface area contributed by atoms with E-state index >= 15 is 0 Å². The minimum absolute atomic E-state index is 0.456. The molecule has 1 fully saturated rings. The zero-order valence-electron chi connectivity index (χ0n) is 8.33. The van der Waals surface area contributed by atoms with E-state index in [9.17, 15) is 0 Å². The number of nitrogens with zero attached hydrogens (tertiary/aromatic N) is 2. The second kappa shape index (κ2) is 4.20. The molecule has 2 aliphatic heterocycles. The number of rotatable bonds is 1. The molecule has 1 atom stereocenters. The second-order valence-corrected chi connectivity index (χ2v) is 3.89. The third-order valence-electron chi connectivity index (χ3n) is 2.84. The van der Waals surface area contributed by atoms with Crippen LogP contribution in [0.3, 0.4) is 0 Å². The quantitative estimate of drug-likeness (QED) is 0.610. The zero-order chi connectivity index (χ0) is 9.10. The molecule has 2 heterocycles. The number of hydrogen-bond donors (Lipinski definition) is 0. The topological polar surface area (TPSA) is 24.8 Å². The Balaban J connectivity index is 1.94. The van der Waals surface area contributed by atoms with Crippen LogP contribution in [0.4, 0.5) is 0 Å². The molecule has 0 bridgehead atoms. The minimum Gasteiger partial charge on any atom is -0.379 e. The van der Waals surface area contributed by atoms with Gasteiger partial charge in [-0.2, -0.15) is 0 Å². The Hall–Kier alpha value is -0.410. The molecule has 0 aromatic carbocycles. The first-order valence-corrected chi connectivity index (χ1v) is 5.21. The Labute approximate surface area is 79.8 Å². The number of aliphatic imine (C=N–C) groups is 1. The van der Waals surface area contributed by atoms with Crippen LogP contribution in [-0.2, 0) is 4.74 Å². The van der Waals surface area contributed by atoms with Crippen LogP contribution in [0, 0.1) is 0 Å². The maximum atomic E-state index is 5.33. The van der Waals surface area contributed by atoms with Crippen LogP contribution in [-0.4, -0.2) is 43.1 Å². The molecule has 1 saturated heterocycles. The monoisotopic (exact) mass is 182 g/mol. The molecule has 0 aromatic heterocycles. The third kappa shape index (κ3) is 2.29. The minimum atomic E-state index is 0.456. The highest BCUT2D eigenvalue weighted by Crippen LogP contribution is 2.17. The SMILES string of the molecule is CC1=NC(N2CCOCC2)CCC1. The van der Waals surface area contributed by atoms with Crippen LogP contribution in [0.2, 0.25) is 0 Å². The fourth-order valence-corrected chi connectivity index (χ4v) is 2.06. The van der Waals surface area contributed by atoms with Crippen LogP contribution in [0.15, 0.2) is 4.99 Å². The molecule has 1 unspecified atom stereocenters. The molecule has 0 aliphatic carbocycles. The molecule has 0 N–H and O–H groups in total. The molecular weight excluding hydrogens is 164 g/mol. The maximum absolute atomic E-state index is 5.33. The van der Waals surface area contributed by atoms with Gasteiger partial charge in [0.15, 0.2) is 0 Å². The Kier molecular flexibility index (Phi) is 2.96. The van der Waals surface area contributed by atoms with Crippen molar-refractivity contribution in [3.05, 3.63) is 0 Å². The van der Waals surface area contributed by atoms with E-state index in [1.165, 1.54) is 25.0 Å². The molecule has 0 amide bonds. The normalized spacial score (nSPS) is 31.5. The van der Waals surface area contributed by atoms with Crippen molar-refractivity contribution in [2.75, 3.05) is 26.3 Å². The van der Waals surface area contributed by atoms with E-state index in [1.807, 2.05) is 0 Å². The summed E-state index contributed by atoms with van der Waals surface area (Å²) in [6.07, 6.45) is 4.19. The highest BCUT2D eigenvalue weighted by molar-refractivity contribution is 5.82. The van der Waals surface area contributed by atoms with Crippen molar-refractivity contribution in [3.63, 3.8) is 0 Å². The lowest BCUT2D eigenvalue weighted by molar-refractivity contribution is 0.0154. The molecule has 0 aromatic rings. The van der Waals surface area contributed by atoms with Gasteiger partial charge < -0.3 is 4.74 Å². The van der Waals surface area contributed by atoms with Gasteiger partial charge in [-0.25, -0.2) is 0 Å². The lowest BCUT2D eigenvalue weighted by atomic mass is 10.1. The van der Waals surface area contributed by atoms with Crippen LogP contribution in [0.1, 0.15) is 26.2 Å². The molecule has 2 aliphatic rings. The van der Waals surface area contributed by atoms with Crippen molar-refractivity contribution in [1.29, 1.82) is 0 Å². The van der Waals surface area contributed by atoms with Gasteiger partial charge in [-0.15, -0.1) is 0 Å². The van der Waals surface area contributed by atoms with Crippen molar-refractivity contribution >= 4 is 5.71 Å². The van der Waals surface area contributed by atoms with Crippen LogP contribution < -0.4 is 0 Å². The number of hydrogen-bond acceptors (Lipinski definition) is 3. The van der Waals surface area contributed by atoms with Crippen molar-refractivity contribution in [2.45, 2.75) is 32.4 Å². The first-order valence-electron chi connectivity index (χ1n) is 5.21. The number of ether oxygens (including phenoxy) is 1. The summed E-state index contributed by atoms with van der Waals surface area (Å²) in [6.45, 7) is 6.02. The van der Waals surface area contributed by atoms with Crippen molar-refractivity contribution in [1.82, 2.24) is 4.90 Å². The molecule has 3 heteroatoms. The highest BCUT2D eigenvalue weighted by Gasteiger charge is 2.21. The maximum Gasteiger partial charge on any atom is 0.102 e. The fraction of sp³-hybridized carbons (Fsp3) is 0.900. The summed E-state index contributed by atoms with van der Waals surface area (Å²) in [6, 6.07) is 0. The largest absolute Gasteiger partial charge is 0.379 e. The van der Waals surface area contributed by atoms with Gasteiger partial charge in [-0.05, 0) is 26.2 Å². The lowest BCUT2D eigenvalue weighted by Crippen LogP contribution is -2.43. The van der Waals surface area contributed by atoms with Crippen molar-refractivity contribution in [3.8, 4) is 0 Å². The molecule has 0 saturated carbocycles. The predicted octanol–water partition coefficient (Wildman–Crippen LogP) is 1.29. The van der Waals surface area contributed by atoms with E-state index < -0.39 is 0 Å². The summed E-state index contributed by atoms with van der Waals surface area (Å²) in [7, 11) is 0. The van der Waals surface area contributed by atoms with Gasteiger partial charge in [0.2, 0.25) is 0 Å². The van der Waals surface area contributed by atoms with E-state index in [4.69, 9.17) is 9.73 Å². The first kappa shape index (κ1) is 9.16. The van der Waals surface area contributed by atoms with Gasteiger partial charge in [-0.3, -0.25) is 9.89 Å². The molecule has 0 spiro atoms. The standard InChI is InChI=1S/C10H18N2O/c1-9-3-2-4-10(11-9)12-5-7-13-8-6-12/h10H,2-8H2,1H3. The smallest absolute Gasteiger partial charge is 0.102 e. The molecule has 3 nitrogen and oxygen atoms in total. The first-order chi connectivity index (χ1) is 6.36. The highest BCUT2D eigenvalue weighted by atomic mass is 16.5. The summed E-state index contributed by atoms with van der Waals surface area (Å²) in [5.74, 6) is 0. The van der Waals surface area contributed by atoms with Crippen molar-refractivity contribution < 1.29 is 4.74 Å². The van der Waals surface area contributed by atoms with E-state index in [-0.39, 0.29) is 0 Å². The second-order valence-electron chi connectivity index (χ2n) is 3.89. The molecule has 74 valence electrons. The summed E-state index contributed by atoms with van der Waals surface area (Å²) in [5.41, 5.74) is 1.32. The predicted molar refractivity (Wildman–Crippen MR) is 53.1 cm³/mol. The van der Waals surface area contributed by atoms with Gasteiger partial charge >= 0.3 is 0 Å². The molecule has 13 heavy (non-hydrogen) atoms. The summed E-state index contributed by atoms with van der Waals surface area (Å²) in [4.78, 5) is 7.14. The van der Waals surface area contributed by atoms with Crippen molar-refractivity contribution in [2.24, 2.45) is 4.99 Å². The van der Waals surface area contributed by atoms with Crippen LogP contribution in [0.25, 0.3) is 0 Å². The van der Waals surface area contributed by atoms with E-state index in [2.05, 4.69) is 11.8 Å². The van der Waals surface area contributed by atoms with Crippen LogP contribution in [0.5, 0.6) is 0 Å². The van der Waals surface area contributed by atoms with Gasteiger partial charge in [-0.1, -0.05) is 0 Å². The molecule has 2 rings (SSSR count). The number of morpholine rings is 1. The van der Waals surface area contributed by atoms with E-state index in [0.29, 0.717) is 6.17 Å². The van der Waals surface area contributed by atoms with Crippen LogP contribution >= 0.6 is 0 Å². The Bertz CT molecular complexity index is 197. The molecule has 0 radical (unpaired) electrons. The molecular formula is C10H18N2O. The van der Waals surface area contributed by atoms with E-state index in [0.717, 1.165) is 26.3 Å². The zero-order valence-corrected chi connectivity index (χ0v) is 8.33. The van der Waals surface area contributed by atoms with E-state index in [1.54, 1.807) is 0 Å². The average Bonchev–Trinajstić information content (AvgIpc) is 2.19. The Morgan fingerprint density at radius 3 is 2.85 bits per heavy atom. The van der Waals surface area contributed by atoms with Gasteiger partial charge in [0.1, 0.15) is 6.17 Å². The Morgan fingerprint density at radius 1 is 1.38 bits per heavy atom. The lowest BCUT2D eigenvalue weighted by Gasteiger charge is -2.34. The summed E-state index contributed by atoms with van der Waals surface area (Å²) < 4.78 is 5.33. The Morgan fingerprint density at radius 2 is 2.15 bits per heavy atom. The fourth-order valence-electron chi connectivity index (χ4n) is 2.06. The van der Waals surface area contributed by atoms with Gasteiger partial charge in [0, 0.05) is 18.8 Å². The van der Waals surface area contributed by atoms with Gasteiger partial charge in [0.05, 0.1) is 13.2 Å². The van der Waals surface area contributed by atoms with Gasteiger partial charge in [0.25, 0.3) is 0 Å². The average molecular weight is 182 g/mol. The summed E-state index contributed by atoms with van der Waals surface area (Å²) >= 11 is 0.